The Morgan fingerprint density at radius 1 is 1.47 bits per heavy atom. The lowest BCUT2D eigenvalue weighted by Gasteiger charge is -2.10. The fourth-order valence-corrected chi connectivity index (χ4v) is 1.64. The molecule has 7 heteroatoms. The molecule has 1 aromatic rings. The molecule has 15 heavy (non-hydrogen) atoms. The van der Waals surface area contributed by atoms with Gasteiger partial charge in [-0.3, -0.25) is 4.72 Å². The summed E-state index contributed by atoms with van der Waals surface area (Å²) in [6.45, 7) is -0.0752. The molecule has 0 radical (unpaired) electrons. The third kappa shape index (κ3) is 2.88. The molecule has 0 aromatic heterocycles. The van der Waals surface area contributed by atoms with Crippen molar-refractivity contribution >= 4 is 15.9 Å². The van der Waals surface area contributed by atoms with E-state index in [2.05, 4.69) is 9.44 Å². The second-order valence-electron chi connectivity index (χ2n) is 2.78. The Morgan fingerprint density at radius 3 is 2.67 bits per heavy atom. The number of hydrogen-bond acceptors (Lipinski definition) is 3. The molecule has 0 aliphatic carbocycles. The molecule has 0 bridgehead atoms. The number of rotatable bonds is 4. The van der Waals surface area contributed by atoms with E-state index in [1.54, 1.807) is 0 Å². The van der Waals surface area contributed by atoms with Crippen LogP contribution in [0.15, 0.2) is 18.2 Å². The molecule has 0 heterocycles. The van der Waals surface area contributed by atoms with Crippen LogP contribution < -0.4 is 15.2 Å². The topological polar surface area (TPSA) is 84.2 Å². The maximum Gasteiger partial charge on any atom is 0.298 e. The summed E-state index contributed by atoms with van der Waals surface area (Å²) in [5, 5.41) is 0. The van der Waals surface area contributed by atoms with Gasteiger partial charge in [-0.15, -0.1) is 0 Å². The summed E-state index contributed by atoms with van der Waals surface area (Å²) in [5.41, 5.74) is 5.60. The Kier molecular flexibility index (Phi) is 3.61. The van der Waals surface area contributed by atoms with Gasteiger partial charge < -0.3 is 5.73 Å². The second-order valence-corrected chi connectivity index (χ2v) is 4.40. The van der Waals surface area contributed by atoms with Crippen molar-refractivity contribution in [3.05, 3.63) is 29.6 Å². The summed E-state index contributed by atoms with van der Waals surface area (Å²) in [6, 6.07) is 4.07. The highest BCUT2D eigenvalue weighted by Crippen LogP contribution is 2.18. The van der Waals surface area contributed by atoms with Crippen LogP contribution in [-0.4, -0.2) is 15.5 Å². The van der Waals surface area contributed by atoms with E-state index in [9.17, 15) is 12.8 Å². The maximum atomic E-state index is 13.2. The van der Waals surface area contributed by atoms with Crippen molar-refractivity contribution in [3.8, 4) is 0 Å². The molecule has 0 aliphatic heterocycles. The van der Waals surface area contributed by atoms with E-state index in [1.807, 2.05) is 0 Å². The first-order valence-corrected chi connectivity index (χ1v) is 5.67. The van der Waals surface area contributed by atoms with Crippen molar-refractivity contribution in [1.29, 1.82) is 0 Å². The van der Waals surface area contributed by atoms with Crippen LogP contribution in [0, 0.1) is 5.82 Å². The molecule has 0 spiro atoms. The molecular weight excluding hydrogens is 221 g/mol. The predicted octanol–water partition coefficient (Wildman–Crippen LogP) is 0.160. The van der Waals surface area contributed by atoms with Crippen molar-refractivity contribution in [2.24, 2.45) is 5.73 Å². The van der Waals surface area contributed by atoms with Gasteiger partial charge in [0.2, 0.25) is 0 Å². The molecule has 1 rings (SSSR count). The lowest BCUT2D eigenvalue weighted by Crippen LogP contribution is -2.27. The van der Waals surface area contributed by atoms with E-state index in [0.717, 1.165) is 0 Å². The van der Waals surface area contributed by atoms with Crippen LogP contribution in [0.3, 0.4) is 0 Å². The van der Waals surface area contributed by atoms with E-state index >= 15 is 0 Å². The highest BCUT2D eigenvalue weighted by Gasteiger charge is 2.11. The number of hydrogen-bond donors (Lipinski definition) is 3. The molecule has 5 nitrogen and oxygen atoms in total. The summed E-state index contributed by atoms with van der Waals surface area (Å²) in [6.07, 6.45) is 0. The van der Waals surface area contributed by atoms with Crippen LogP contribution in [-0.2, 0) is 16.8 Å². The molecule has 0 saturated heterocycles. The van der Waals surface area contributed by atoms with Gasteiger partial charge in [0.25, 0.3) is 10.2 Å². The van der Waals surface area contributed by atoms with Crippen LogP contribution >= 0.6 is 0 Å². The first-order chi connectivity index (χ1) is 7.00. The molecule has 0 aliphatic rings. The van der Waals surface area contributed by atoms with E-state index in [4.69, 9.17) is 5.73 Å². The van der Waals surface area contributed by atoms with Crippen LogP contribution in [0.1, 0.15) is 5.56 Å². The van der Waals surface area contributed by atoms with Crippen LogP contribution in [0.4, 0.5) is 10.1 Å². The Balaban J connectivity index is 3.10. The Hall–Kier alpha value is -1.18. The van der Waals surface area contributed by atoms with Gasteiger partial charge in [0, 0.05) is 19.2 Å². The summed E-state index contributed by atoms with van der Waals surface area (Å²) >= 11 is 0. The first kappa shape index (κ1) is 11.9. The standard InChI is InChI=1S/C8H12FN3O2S/c1-11-15(13,14)12-8-4-2-3-7(9)6(8)5-10/h2-4,11-12H,5,10H2,1H3. The molecule has 0 atom stereocenters. The van der Waals surface area contributed by atoms with Crippen LogP contribution in [0.2, 0.25) is 0 Å². The van der Waals surface area contributed by atoms with Gasteiger partial charge in [-0.05, 0) is 12.1 Å². The Labute approximate surface area is 87.7 Å². The molecule has 4 N–H and O–H groups in total. The quantitative estimate of drug-likeness (QED) is 0.692. The maximum absolute atomic E-state index is 13.2. The molecule has 0 amide bonds. The summed E-state index contributed by atoms with van der Waals surface area (Å²) < 4.78 is 39.7. The summed E-state index contributed by atoms with van der Waals surface area (Å²) in [4.78, 5) is 0. The minimum Gasteiger partial charge on any atom is -0.326 e. The predicted molar refractivity (Wildman–Crippen MR) is 55.9 cm³/mol. The molecule has 84 valence electrons. The van der Waals surface area contributed by atoms with Crippen LogP contribution in [0.25, 0.3) is 0 Å². The zero-order valence-corrected chi connectivity index (χ0v) is 8.94. The lowest BCUT2D eigenvalue weighted by molar-refractivity contribution is 0.593. The monoisotopic (exact) mass is 233 g/mol. The minimum absolute atomic E-state index is 0.0752. The van der Waals surface area contributed by atoms with Crippen molar-refractivity contribution in [2.75, 3.05) is 11.8 Å². The zero-order valence-electron chi connectivity index (χ0n) is 8.12. The smallest absolute Gasteiger partial charge is 0.298 e. The highest BCUT2D eigenvalue weighted by molar-refractivity contribution is 7.90. The van der Waals surface area contributed by atoms with Gasteiger partial charge in [0.15, 0.2) is 0 Å². The van der Waals surface area contributed by atoms with Gasteiger partial charge in [0.05, 0.1) is 5.69 Å². The Morgan fingerprint density at radius 2 is 2.13 bits per heavy atom. The number of halogens is 1. The van der Waals surface area contributed by atoms with Crippen LogP contribution in [0.5, 0.6) is 0 Å². The van der Waals surface area contributed by atoms with E-state index < -0.39 is 16.0 Å². The minimum atomic E-state index is -3.64. The number of nitrogens with one attached hydrogen (secondary N) is 2. The van der Waals surface area contributed by atoms with E-state index in [-0.39, 0.29) is 17.8 Å². The summed E-state index contributed by atoms with van der Waals surface area (Å²) in [5.74, 6) is -0.534. The van der Waals surface area contributed by atoms with Crippen molar-refractivity contribution in [2.45, 2.75) is 6.54 Å². The van der Waals surface area contributed by atoms with E-state index in [0.29, 0.717) is 0 Å². The van der Waals surface area contributed by atoms with Crippen molar-refractivity contribution in [1.82, 2.24) is 4.72 Å². The third-order valence-corrected chi connectivity index (χ3v) is 2.86. The Bertz CT molecular complexity index is 447. The molecule has 0 unspecified atom stereocenters. The van der Waals surface area contributed by atoms with Gasteiger partial charge in [0.1, 0.15) is 5.82 Å². The highest BCUT2D eigenvalue weighted by atomic mass is 32.2. The molecule has 1 aromatic carbocycles. The normalized spacial score (nSPS) is 11.4. The number of benzene rings is 1. The zero-order chi connectivity index (χ0) is 11.5. The fraction of sp³-hybridized carbons (Fsp3) is 0.250. The third-order valence-electron chi connectivity index (χ3n) is 1.84. The SMILES string of the molecule is CNS(=O)(=O)Nc1cccc(F)c1CN. The number of anilines is 1. The van der Waals surface area contributed by atoms with Crippen molar-refractivity contribution in [3.63, 3.8) is 0 Å². The van der Waals surface area contributed by atoms with E-state index in [1.165, 1.54) is 25.2 Å². The van der Waals surface area contributed by atoms with Gasteiger partial charge >= 0.3 is 0 Å². The number of nitrogens with two attached hydrogens (primary N) is 1. The fourth-order valence-electron chi connectivity index (χ4n) is 1.06. The second kappa shape index (κ2) is 4.56. The molecular formula is C8H12FN3O2S. The van der Waals surface area contributed by atoms with Gasteiger partial charge in [-0.1, -0.05) is 6.07 Å². The summed E-state index contributed by atoms with van der Waals surface area (Å²) in [7, 11) is -2.39. The van der Waals surface area contributed by atoms with Gasteiger partial charge in [-0.2, -0.15) is 8.42 Å². The van der Waals surface area contributed by atoms with Crippen molar-refractivity contribution < 1.29 is 12.8 Å². The lowest BCUT2D eigenvalue weighted by atomic mass is 10.2. The molecule has 0 fully saturated rings. The first-order valence-electron chi connectivity index (χ1n) is 4.19. The largest absolute Gasteiger partial charge is 0.326 e. The average molecular weight is 233 g/mol. The molecule has 0 saturated carbocycles. The van der Waals surface area contributed by atoms with Gasteiger partial charge in [-0.25, -0.2) is 9.11 Å². The average Bonchev–Trinajstić information content (AvgIpc) is 2.18.